The summed E-state index contributed by atoms with van der Waals surface area (Å²) in [6.45, 7) is 1.67. The van der Waals surface area contributed by atoms with Gasteiger partial charge in [-0.2, -0.15) is 0 Å². The Kier molecular flexibility index (Phi) is 2.38. The number of hydrogen-bond acceptors (Lipinski definition) is 4. The molecule has 1 aromatic heterocycles. The minimum absolute atomic E-state index is 0.100. The molecule has 0 saturated carbocycles. The summed E-state index contributed by atoms with van der Waals surface area (Å²) >= 11 is 0. The van der Waals surface area contributed by atoms with E-state index >= 15 is 0 Å². The first-order chi connectivity index (χ1) is 5.69. The zero-order valence-corrected chi connectivity index (χ0v) is 7.21. The zero-order valence-electron chi connectivity index (χ0n) is 7.21. The van der Waals surface area contributed by atoms with Gasteiger partial charge in [0.05, 0.1) is 14.2 Å². The van der Waals surface area contributed by atoms with Crippen molar-refractivity contribution in [3.05, 3.63) is 22.2 Å². The summed E-state index contributed by atoms with van der Waals surface area (Å²) in [7, 11) is 2.86. The molecule has 0 spiro atoms. The van der Waals surface area contributed by atoms with Crippen molar-refractivity contribution >= 4 is 0 Å². The van der Waals surface area contributed by atoms with Crippen LogP contribution in [0.15, 0.2) is 15.3 Å². The zero-order chi connectivity index (χ0) is 9.14. The van der Waals surface area contributed by atoms with Crippen molar-refractivity contribution in [2.45, 2.75) is 6.92 Å². The van der Waals surface area contributed by atoms with Gasteiger partial charge in [0.1, 0.15) is 5.76 Å². The van der Waals surface area contributed by atoms with Crippen molar-refractivity contribution in [3.63, 3.8) is 0 Å². The molecule has 0 aliphatic rings. The molecule has 0 atom stereocenters. The third kappa shape index (κ3) is 1.42. The molecule has 12 heavy (non-hydrogen) atoms. The van der Waals surface area contributed by atoms with Gasteiger partial charge >= 0.3 is 5.63 Å². The van der Waals surface area contributed by atoms with Gasteiger partial charge in [0, 0.05) is 6.07 Å². The van der Waals surface area contributed by atoms with E-state index in [1.807, 2.05) is 0 Å². The van der Waals surface area contributed by atoms with E-state index in [4.69, 9.17) is 13.9 Å². The van der Waals surface area contributed by atoms with E-state index in [-0.39, 0.29) is 5.75 Å². The third-order valence-electron chi connectivity index (χ3n) is 1.42. The first-order valence-electron chi connectivity index (χ1n) is 3.41. The molecule has 0 fully saturated rings. The molecule has 0 aromatic carbocycles. The van der Waals surface area contributed by atoms with E-state index in [9.17, 15) is 4.79 Å². The Morgan fingerprint density at radius 1 is 1.33 bits per heavy atom. The summed E-state index contributed by atoms with van der Waals surface area (Å²) in [5.41, 5.74) is -0.519. The van der Waals surface area contributed by atoms with Crippen LogP contribution in [0.2, 0.25) is 0 Å². The van der Waals surface area contributed by atoms with Crippen molar-refractivity contribution < 1.29 is 13.9 Å². The second-order valence-electron chi connectivity index (χ2n) is 2.25. The van der Waals surface area contributed by atoms with Gasteiger partial charge in [-0.1, -0.05) is 0 Å². The second-order valence-corrected chi connectivity index (χ2v) is 2.25. The molecule has 1 heterocycles. The maximum Gasteiger partial charge on any atom is 0.382 e. The van der Waals surface area contributed by atoms with Gasteiger partial charge in [-0.15, -0.1) is 0 Å². The Labute approximate surface area is 69.7 Å². The van der Waals surface area contributed by atoms with Gasteiger partial charge in [-0.3, -0.25) is 0 Å². The van der Waals surface area contributed by atoms with Gasteiger partial charge in [0.15, 0.2) is 5.75 Å². The van der Waals surface area contributed by atoms with E-state index in [1.165, 1.54) is 14.2 Å². The Bertz CT molecular complexity index is 326. The van der Waals surface area contributed by atoms with Gasteiger partial charge in [0.25, 0.3) is 0 Å². The molecule has 4 nitrogen and oxygen atoms in total. The molecule has 0 N–H and O–H groups in total. The van der Waals surface area contributed by atoms with Crippen LogP contribution in [0, 0.1) is 6.92 Å². The lowest BCUT2D eigenvalue weighted by molar-refractivity contribution is 0.324. The number of hydrogen-bond donors (Lipinski definition) is 0. The predicted molar refractivity (Wildman–Crippen MR) is 42.8 cm³/mol. The van der Waals surface area contributed by atoms with Crippen molar-refractivity contribution in [1.29, 1.82) is 0 Å². The van der Waals surface area contributed by atoms with Gasteiger partial charge in [0.2, 0.25) is 5.75 Å². The highest BCUT2D eigenvalue weighted by molar-refractivity contribution is 5.36. The van der Waals surface area contributed by atoms with Gasteiger partial charge in [-0.05, 0) is 6.92 Å². The average Bonchev–Trinajstić information content (AvgIpc) is 2.03. The van der Waals surface area contributed by atoms with Crippen LogP contribution in [0.4, 0.5) is 0 Å². The van der Waals surface area contributed by atoms with Crippen LogP contribution in [-0.2, 0) is 0 Å². The Morgan fingerprint density at radius 2 is 2.00 bits per heavy atom. The quantitative estimate of drug-likeness (QED) is 0.663. The molecule has 0 saturated heterocycles. The Hall–Kier alpha value is -1.45. The van der Waals surface area contributed by atoms with Gasteiger partial charge in [-0.25, -0.2) is 4.79 Å². The minimum atomic E-state index is -0.519. The fourth-order valence-electron chi connectivity index (χ4n) is 0.908. The summed E-state index contributed by atoms with van der Waals surface area (Å²) in [4.78, 5) is 11.1. The minimum Gasteiger partial charge on any atom is -0.492 e. The SMILES string of the molecule is COc1cc(C)oc(=O)c1OC. The van der Waals surface area contributed by atoms with Crippen LogP contribution in [0.1, 0.15) is 5.76 Å². The maximum atomic E-state index is 11.1. The van der Waals surface area contributed by atoms with E-state index in [0.717, 1.165) is 0 Å². The first kappa shape index (κ1) is 8.64. The number of ether oxygens (including phenoxy) is 2. The highest BCUT2D eigenvalue weighted by Gasteiger charge is 2.10. The van der Waals surface area contributed by atoms with Crippen molar-refractivity contribution in [3.8, 4) is 11.5 Å². The average molecular weight is 170 g/mol. The highest BCUT2D eigenvalue weighted by atomic mass is 16.5. The van der Waals surface area contributed by atoms with Crippen LogP contribution in [0.3, 0.4) is 0 Å². The lowest BCUT2D eigenvalue weighted by atomic mass is 10.4. The fourth-order valence-corrected chi connectivity index (χ4v) is 0.908. The smallest absolute Gasteiger partial charge is 0.382 e. The molecule has 1 aromatic rings. The number of methoxy groups -OCH3 is 2. The first-order valence-corrected chi connectivity index (χ1v) is 3.41. The monoisotopic (exact) mass is 170 g/mol. The van der Waals surface area contributed by atoms with Crippen molar-refractivity contribution in [2.24, 2.45) is 0 Å². The standard InChI is InChI=1S/C8H10O4/c1-5-4-6(10-2)7(11-3)8(9)12-5/h4H,1-3H3. The summed E-state index contributed by atoms with van der Waals surface area (Å²) < 4.78 is 14.5. The second kappa shape index (κ2) is 3.30. The normalized spacial score (nSPS) is 9.58. The third-order valence-corrected chi connectivity index (χ3v) is 1.42. The molecule has 0 radical (unpaired) electrons. The topological polar surface area (TPSA) is 48.7 Å². The molecule has 1 rings (SSSR count). The van der Waals surface area contributed by atoms with E-state index in [2.05, 4.69) is 0 Å². The van der Waals surface area contributed by atoms with Crippen molar-refractivity contribution in [1.82, 2.24) is 0 Å². The molecular weight excluding hydrogens is 160 g/mol. The van der Waals surface area contributed by atoms with Crippen LogP contribution in [0.25, 0.3) is 0 Å². The molecule has 4 heteroatoms. The largest absolute Gasteiger partial charge is 0.492 e. The molecule has 0 bridgehead atoms. The molecule has 0 unspecified atom stereocenters. The molecule has 0 amide bonds. The highest BCUT2D eigenvalue weighted by Crippen LogP contribution is 2.22. The summed E-state index contributed by atoms with van der Waals surface area (Å²) in [6.07, 6.45) is 0. The molecule has 66 valence electrons. The lowest BCUT2D eigenvalue weighted by Gasteiger charge is -2.04. The van der Waals surface area contributed by atoms with E-state index in [1.54, 1.807) is 13.0 Å². The Morgan fingerprint density at radius 3 is 2.50 bits per heavy atom. The van der Waals surface area contributed by atoms with Crippen LogP contribution in [0.5, 0.6) is 11.5 Å². The van der Waals surface area contributed by atoms with E-state index in [0.29, 0.717) is 11.5 Å². The Balaban J connectivity index is 3.34. The van der Waals surface area contributed by atoms with Gasteiger partial charge < -0.3 is 13.9 Å². The molecular formula is C8H10O4. The summed E-state index contributed by atoms with van der Waals surface area (Å²) in [5.74, 6) is 0.993. The maximum absolute atomic E-state index is 11.1. The van der Waals surface area contributed by atoms with Crippen LogP contribution >= 0.6 is 0 Å². The van der Waals surface area contributed by atoms with Crippen molar-refractivity contribution in [2.75, 3.05) is 14.2 Å². The summed E-state index contributed by atoms with van der Waals surface area (Å²) in [6, 6.07) is 1.60. The number of rotatable bonds is 2. The fraction of sp³-hybridized carbons (Fsp3) is 0.375. The lowest BCUT2D eigenvalue weighted by Crippen LogP contribution is -2.06. The van der Waals surface area contributed by atoms with Crippen LogP contribution < -0.4 is 15.1 Å². The molecule has 0 aliphatic carbocycles. The predicted octanol–water partition coefficient (Wildman–Crippen LogP) is 0.965. The van der Waals surface area contributed by atoms with Crippen LogP contribution in [-0.4, -0.2) is 14.2 Å². The van der Waals surface area contributed by atoms with E-state index < -0.39 is 5.63 Å². The summed E-state index contributed by atoms with van der Waals surface area (Å²) in [5, 5.41) is 0. The number of aryl methyl sites for hydroxylation is 1. The molecule has 0 aliphatic heterocycles.